The number of carbonyl (C=O) groups is 1. The second-order valence-corrected chi connectivity index (χ2v) is 2.75. The fourth-order valence-corrected chi connectivity index (χ4v) is 0.992. The Balaban J connectivity index is 3.13. The first-order chi connectivity index (χ1) is 5.65. The third kappa shape index (κ3) is 1.93. The molecule has 0 fully saturated rings. The lowest BCUT2D eigenvalue weighted by atomic mass is 10.2. The van der Waals surface area contributed by atoms with E-state index in [1.807, 2.05) is 0 Å². The molecule has 1 aromatic heterocycles. The summed E-state index contributed by atoms with van der Waals surface area (Å²) in [6, 6.07) is 1.20. The van der Waals surface area contributed by atoms with Gasteiger partial charge in [-0.15, -0.1) is 11.6 Å². The lowest BCUT2D eigenvalue weighted by molar-refractivity contribution is 0.101. The molecule has 0 radical (unpaired) electrons. The van der Waals surface area contributed by atoms with Crippen molar-refractivity contribution < 1.29 is 9.18 Å². The number of rotatable bonds is 2. The van der Waals surface area contributed by atoms with Gasteiger partial charge in [0.2, 0.25) is 5.95 Å². The van der Waals surface area contributed by atoms with Crippen molar-refractivity contribution in [1.82, 2.24) is 4.98 Å². The minimum atomic E-state index is -0.843. The second-order valence-electron chi connectivity index (χ2n) is 2.05. The number of hydrogen-bond donors (Lipinski definition) is 0. The Labute approximate surface area is 78.3 Å². The van der Waals surface area contributed by atoms with Crippen molar-refractivity contribution in [2.45, 2.75) is 0 Å². The van der Waals surface area contributed by atoms with Crippen molar-refractivity contribution in [1.29, 1.82) is 0 Å². The molecule has 0 aliphatic carbocycles. The predicted molar refractivity (Wildman–Crippen MR) is 44.3 cm³/mol. The zero-order chi connectivity index (χ0) is 9.14. The second kappa shape index (κ2) is 3.83. The third-order valence-corrected chi connectivity index (χ3v) is 1.68. The molecular weight excluding hydrogens is 204 g/mol. The summed E-state index contributed by atoms with van der Waals surface area (Å²) >= 11 is 10.7. The maximum atomic E-state index is 12.8. The molecule has 5 heteroatoms. The topological polar surface area (TPSA) is 30.0 Å². The Morgan fingerprint density at radius 3 is 2.92 bits per heavy atom. The number of ketones is 1. The van der Waals surface area contributed by atoms with Crippen LogP contribution in [-0.2, 0) is 0 Å². The standard InChI is InChI=1S/C7H4Cl2FNO/c8-2-6(12)5-1-4(9)3-11-7(5)10/h1,3H,2H2. The van der Waals surface area contributed by atoms with Gasteiger partial charge in [-0.25, -0.2) is 4.98 Å². The Kier molecular flexibility index (Phi) is 3.00. The molecule has 0 aliphatic heterocycles. The summed E-state index contributed by atoms with van der Waals surface area (Å²) in [5.74, 6) is -1.65. The Morgan fingerprint density at radius 2 is 2.33 bits per heavy atom. The van der Waals surface area contributed by atoms with Crippen LogP contribution in [-0.4, -0.2) is 16.6 Å². The van der Waals surface area contributed by atoms with Gasteiger partial charge in [0.25, 0.3) is 0 Å². The van der Waals surface area contributed by atoms with Crippen LogP contribution in [0.5, 0.6) is 0 Å². The molecule has 0 bridgehead atoms. The van der Waals surface area contributed by atoms with Crippen LogP contribution in [0, 0.1) is 5.95 Å². The quantitative estimate of drug-likeness (QED) is 0.424. The molecule has 0 aromatic carbocycles. The Hall–Kier alpha value is -0.670. The first-order valence-corrected chi connectivity index (χ1v) is 3.96. The van der Waals surface area contributed by atoms with E-state index < -0.39 is 11.7 Å². The number of nitrogens with zero attached hydrogens (tertiary/aromatic N) is 1. The normalized spacial score (nSPS) is 9.92. The molecule has 0 atom stereocenters. The molecule has 2 nitrogen and oxygen atoms in total. The summed E-state index contributed by atoms with van der Waals surface area (Å²) in [6.07, 6.45) is 1.13. The van der Waals surface area contributed by atoms with E-state index in [-0.39, 0.29) is 16.5 Å². The largest absolute Gasteiger partial charge is 0.293 e. The smallest absolute Gasteiger partial charge is 0.223 e. The average Bonchev–Trinajstić information content (AvgIpc) is 2.08. The summed E-state index contributed by atoms with van der Waals surface area (Å²) in [4.78, 5) is 14.2. The van der Waals surface area contributed by atoms with Crippen LogP contribution in [0.2, 0.25) is 5.02 Å². The predicted octanol–water partition coefficient (Wildman–Crippen LogP) is 2.30. The van der Waals surface area contributed by atoms with Gasteiger partial charge in [0.1, 0.15) is 0 Å². The SMILES string of the molecule is O=C(CCl)c1cc(Cl)cnc1F. The summed E-state index contributed by atoms with van der Waals surface area (Å²) in [5, 5.41) is 0.213. The first kappa shape index (κ1) is 9.42. The lowest BCUT2D eigenvalue weighted by Crippen LogP contribution is -2.04. The van der Waals surface area contributed by atoms with Crippen molar-refractivity contribution in [3.63, 3.8) is 0 Å². The van der Waals surface area contributed by atoms with Gasteiger partial charge in [-0.1, -0.05) is 11.6 Å². The maximum Gasteiger partial charge on any atom is 0.223 e. The van der Waals surface area contributed by atoms with E-state index in [4.69, 9.17) is 23.2 Å². The van der Waals surface area contributed by atoms with Crippen LogP contribution in [0.4, 0.5) is 4.39 Å². The highest BCUT2D eigenvalue weighted by atomic mass is 35.5. The van der Waals surface area contributed by atoms with Crippen molar-refractivity contribution in [2.75, 3.05) is 5.88 Å². The van der Waals surface area contributed by atoms with Gasteiger partial charge in [0.15, 0.2) is 5.78 Å². The average molecular weight is 208 g/mol. The highest BCUT2D eigenvalue weighted by molar-refractivity contribution is 6.32. The molecule has 64 valence electrons. The van der Waals surface area contributed by atoms with E-state index in [0.29, 0.717) is 0 Å². The fraction of sp³-hybridized carbons (Fsp3) is 0.143. The minimum Gasteiger partial charge on any atom is -0.293 e. The molecular formula is C7H4Cl2FNO. The Bertz CT molecular complexity index is 316. The van der Waals surface area contributed by atoms with Gasteiger partial charge in [-0.05, 0) is 6.07 Å². The molecule has 0 saturated heterocycles. The monoisotopic (exact) mass is 207 g/mol. The van der Waals surface area contributed by atoms with Crippen LogP contribution < -0.4 is 0 Å². The first-order valence-electron chi connectivity index (χ1n) is 3.05. The maximum absolute atomic E-state index is 12.8. The van der Waals surface area contributed by atoms with E-state index >= 15 is 0 Å². The zero-order valence-electron chi connectivity index (χ0n) is 5.85. The van der Waals surface area contributed by atoms with E-state index in [1.54, 1.807) is 0 Å². The van der Waals surface area contributed by atoms with Crippen molar-refractivity contribution in [2.24, 2.45) is 0 Å². The molecule has 1 heterocycles. The lowest BCUT2D eigenvalue weighted by Gasteiger charge is -1.97. The van der Waals surface area contributed by atoms with Crippen LogP contribution in [0.1, 0.15) is 10.4 Å². The number of alkyl halides is 1. The summed E-state index contributed by atoms with van der Waals surface area (Å²) in [5.41, 5.74) is -0.169. The van der Waals surface area contributed by atoms with Gasteiger partial charge >= 0.3 is 0 Å². The zero-order valence-corrected chi connectivity index (χ0v) is 7.36. The van der Waals surface area contributed by atoms with E-state index in [2.05, 4.69) is 4.98 Å². The molecule has 0 unspecified atom stereocenters. The molecule has 0 saturated carbocycles. The number of pyridine rings is 1. The summed E-state index contributed by atoms with van der Waals surface area (Å²) in [6.45, 7) is 0. The summed E-state index contributed by atoms with van der Waals surface area (Å²) < 4.78 is 12.8. The van der Waals surface area contributed by atoms with E-state index in [0.717, 1.165) is 6.20 Å². The van der Waals surface area contributed by atoms with Crippen molar-refractivity contribution in [3.8, 4) is 0 Å². The number of carbonyl (C=O) groups excluding carboxylic acids is 1. The minimum absolute atomic E-state index is 0.169. The van der Waals surface area contributed by atoms with Crippen molar-refractivity contribution >= 4 is 29.0 Å². The molecule has 0 aliphatic rings. The van der Waals surface area contributed by atoms with Gasteiger partial charge < -0.3 is 0 Å². The molecule has 0 amide bonds. The molecule has 1 rings (SSSR count). The number of aromatic nitrogens is 1. The van der Waals surface area contributed by atoms with Crippen molar-refractivity contribution in [3.05, 3.63) is 28.8 Å². The van der Waals surface area contributed by atoms with Crippen LogP contribution in [0.15, 0.2) is 12.3 Å². The highest BCUT2D eigenvalue weighted by Gasteiger charge is 2.11. The third-order valence-electron chi connectivity index (χ3n) is 1.23. The number of Topliss-reactive ketones (excluding diaryl/α,β-unsaturated/α-hetero) is 1. The van der Waals surface area contributed by atoms with Gasteiger partial charge in [0.05, 0.1) is 16.5 Å². The van der Waals surface area contributed by atoms with Crippen LogP contribution in [0.25, 0.3) is 0 Å². The number of hydrogen-bond acceptors (Lipinski definition) is 2. The van der Waals surface area contributed by atoms with E-state index in [1.165, 1.54) is 6.07 Å². The number of halogens is 3. The van der Waals surface area contributed by atoms with Gasteiger partial charge in [0, 0.05) is 6.20 Å². The van der Waals surface area contributed by atoms with Gasteiger partial charge in [-0.2, -0.15) is 4.39 Å². The van der Waals surface area contributed by atoms with Gasteiger partial charge in [-0.3, -0.25) is 4.79 Å². The highest BCUT2D eigenvalue weighted by Crippen LogP contribution is 2.12. The molecule has 0 N–H and O–H groups in total. The Morgan fingerprint density at radius 1 is 1.67 bits per heavy atom. The van der Waals surface area contributed by atoms with Crippen LogP contribution >= 0.6 is 23.2 Å². The van der Waals surface area contributed by atoms with E-state index in [9.17, 15) is 9.18 Å². The fourth-order valence-electron chi connectivity index (χ4n) is 0.690. The van der Waals surface area contributed by atoms with Crippen LogP contribution in [0.3, 0.4) is 0 Å². The molecule has 1 aromatic rings. The molecule has 12 heavy (non-hydrogen) atoms. The summed E-state index contributed by atoms with van der Waals surface area (Å²) in [7, 11) is 0. The molecule has 0 spiro atoms.